The van der Waals surface area contributed by atoms with Gasteiger partial charge in [-0.2, -0.15) is 13.2 Å². The van der Waals surface area contributed by atoms with Crippen LogP contribution in [-0.4, -0.2) is 23.9 Å². The standard InChI is InChI=1S/C12H14F3N3O3/c1-2-16-11(19)5-6-17-10-4-3-8(18(20)21)7-9(10)12(13,14)15/h3-4,7,17H,2,5-6H2,1H3,(H,16,19). The molecule has 0 bridgehead atoms. The van der Waals surface area contributed by atoms with Crippen molar-refractivity contribution in [1.82, 2.24) is 5.32 Å². The molecule has 0 radical (unpaired) electrons. The van der Waals surface area contributed by atoms with E-state index in [1.54, 1.807) is 6.92 Å². The average Bonchev–Trinajstić information content (AvgIpc) is 2.37. The van der Waals surface area contributed by atoms with Crippen molar-refractivity contribution in [3.63, 3.8) is 0 Å². The molecule has 1 amide bonds. The number of hydrogen-bond acceptors (Lipinski definition) is 4. The zero-order valence-corrected chi connectivity index (χ0v) is 11.2. The Morgan fingerprint density at radius 2 is 2.05 bits per heavy atom. The topological polar surface area (TPSA) is 84.3 Å². The number of amides is 1. The van der Waals surface area contributed by atoms with E-state index >= 15 is 0 Å². The third-order valence-corrected chi connectivity index (χ3v) is 2.56. The fourth-order valence-corrected chi connectivity index (χ4v) is 1.63. The first-order valence-corrected chi connectivity index (χ1v) is 6.12. The number of hydrogen-bond donors (Lipinski definition) is 2. The zero-order chi connectivity index (χ0) is 16.0. The van der Waals surface area contributed by atoms with Crippen LogP contribution in [0.3, 0.4) is 0 Å². The molecule has 6 nitrogen and oxygen atoms in total. The van der Waals surface area contributed by atoms with Crippen molar-refractivity contribution in [3.8, 4) is 0 Å². The van der Waals surface area contributed by atoms with Gasteiger partial charge in [0.25, 0.3) is 5.69 Å². The first kappa shape index (κ1) is 16.7. The molecule has 1 aromatic rings. The Morgan fingerprint density at radius 1 is 1.38 bits per heavy atom. The highest BCUT2D eigenvalue weighted by atomic mass is 19.4. The molecule has 9 heteroatoms. The van der Waals surface area contributed by atoms with Gasteiger partial charge in [-0.3, -0.25) is 14.9 Å². The molecule has 0 saturated carbocycles. The third-order valence-electron chi connectivity index (χ3n) is 2.56. The molecule has 0 unspecified atom stereocenters. The van der Waals surface area contributed by atoms with Crippen LogP contribution in [0.15, 0.2) is 18.2 Å². The summed E-state index contributed by atoms with van der Waals surface area (Å²) in [6.45, 7) is 2.15. The normalized spacial score (nSPS) is 11.0. The lowest BCUT2D eigenvalue weighted by Gasteiger charge is -2.14. The van der Waals surface area contributed by atoms with Crippen molar-refractivity contribution in [2.24, 2.45) is 0 Å². The van der Waals surface area contributed by atoms with Crippen LogP contribution in [0, 0.1) is 10.1 Å². The van der Waals surface area contributed by atoms with E-state index in [0.717, 1.165) is 12.1 Å². The quantitative estimate of drug-likeness (QED) is 0.625. The predicted octanol–water partition coefficient (Wildman–Crippen LogP) is 2.55. The molecule has 0 aliphatic heterocycles. The summed E-state index contributed by atoms with van der Waals surface area (Å²) >= 11 is 0. The van der Waals surface area contributed by atoms with Crippen LogP contribution >= 0.6 is 0 Å². The van der Waals surface area contributed by atoms with Gasteiger partial charge in [0, 0.05) is 37.3 Å². The van der Waals surface area contributed by atoms with Crippen LogP contribution in [0.4, 0.5) is 24.5 Å². The summed E-state index contributed by atoms with van der Waals surface area (Å²) in [6, 6.07) is 2.43. The average molecular weight is 305 g/mol. The fourth-order valence-electron chi connectivity index (χ4n) is 1.63. The second-order valence-electron chi connectivity index (χ2n) is 4.12. The molecule has 0 atom stereocenters. The summed E-state index contributed by atoms with van der Waals surface area (Å²) in [6.07, 6.45) is -4.72. The molecule has 0 aromatic heterocycles. The van der Waals surface area contributed by atoms with Crippen molar-refractivity contribution >= 4 is 17.3 Å². The summed E-state index contributed by atoms with van der Waals surface area (Å²) < 4.78 is 38.6. The number of nitrogens with zero attached hydrogens (tertiary/aromatic N) is 1. The molecule has 21 heavy (non-hydrogen) atoms. The van der Waals surface area contributed by atoms with Gasteiger partial charge in [0.05, 0.1) is 10.5 Å². The van der Waals surface area contributed by atoms with Gasteiger partial charge in [0.1, 0.15) is 0 Å². The van der Waals surface area contributed by atoms with E-state index in [-0.39, 0.29) is 24.6 Å². The number of carbonyl (C=O) groups is 1. The maximum absolute atomic E-state index is 12.9. The molecule has 2 N–H and O–H groups in total. The SMILES string of the molecule is CCNC(=O)CCNc1ccc([N+](=O)[O-])cc1C(F)(F)F. The van der Waals surface area contributed by atoms with Crippen LogP contribution in [0.5, 0.6) is 0 Å². The van der Waals surface area contributed by atoms with Gasteiger partial charge >= 0.3 is 6.18 Å². The number of halogens is 3. The molecule has 0 spiro atoms. The second-order valence-corrected chi connectivity index (χ2v) is 4.12. The molecule has 1 aromatic carbocycles. The largest absolute Gasteiger partial charge is 0.418 e. The van der Waals surface area contributed by atoms with Crippen LogP contribution in [0.1, 0.15) is 18.9 Å². The van der Waals surface area contributed by atoms with Crippen molar-refractivity contribution in [2.45, 2.75) is 19.5 Å². The van der Waals surface area contributed by atoms with E-state index in [1.807, 2.05) is 0 Å². The van der Waals surface area contributed by atoms with Crippen molar-refractivity contribution in [2.75, 3.05) is 18.4 Å². The lowest BCUT2D eigenvalue weighted by Crippen LogP contribution is -2.25. The molecule has 0 heterocycles. The first-order chi connectivity index (χ1) is 9.75. The number of non-ortho nitro benzene ring substituents is 1. The summed E-state index contributed by atoms with van der Waals surface area (Å²) in [5.74, 6) is -0.291. The van der Waals surface area contributed by atoms with E-state index in [4.69, 9.17) is 0 Å². The minimum Gasteiger partial charge on any atom is -0.384 e. The number of benzene rings is 1. The van der Waals surface area contributed by atoms with Gasteiger partial charge < -0.3 is 10.6 Å². The van der Waals surface area contributed by atoms with Gasteiger partial charge in [-0.05, 0) is 13.0 Å². The fraction of sp³-hybridized carbons (Fsp3) is 0.417. The molecule has 0 saturated heterocycles. The van der Waals surface area contributed by atoms with E-state index in [9.17, 15) is 28.1 Å². The second kappa shape index (κ2) is 6.91. The molecule has 1 rings (SSSR count). The lowest BCUT2D eigenvalue weighted by molar-refractivity contribution is -0.385. The summed E-state index contributed by atoms with van der Waals surface area (Å²) in [5.41, 5.74) is -2.07. The molecule has 116 valence electrons. The monoisotopic (exact) mass is 305 g/mol. The minimum atomic E-state index is -4.72. The predicted molar refractivity (Wildman–Crippen MR) is 69.9 cm³/mol. The number of alkyl halides is 3. The summed E-state index contributed by atoms with van der Waals surface area (Å²) in [4.78, 5) is 20.8. The van der Waals surface area contributed by atoms with Crippen molar-refractivity contribution in [3.05, 3.63) is 33.9 Å². The number of rotatable bonds is 6. The van der Waals surface area contributed by atoms with Crippen LogP contribution in [0.25, 0.3) is 0 Å². The Hall–Kier alpha value is -2.32. The number of carbonyl (C=O) groups excluding carboxylic acids is 1. The Kier molecular flexibility index (Phi) is 5.51. The lowest BCUT2D eigenvalue weighted by atomic mass is 10.1. The molecule has 0 aliphatic carbocycles. The van der Waals surface area contributed by atoms with E-state index in [2.05, 4.69) is 10.6 Å². The maximum atomic E-state index is 12.9. The van der Waals surface area contributed by atoms with Crippen LogP contribution in [-0.2, 0) is 11.0 Å². The van der Waals surface area contributed by atoms with Crippen molar-refractivity contribution in [1.29, 1.82) is 0 Å². The van der Waals surface area contributed by atoms with Crippen LogP contribution < -0.4 is 10.6 Å². The number of nitro benzene ring substituents is 1. The van der Waals surface area contributed by atoms with E-state index in [0.29, 0.717) is 12.6 Å². The number of nitrogens with one attached hydrogen (secondary N) is 2. The van der Waals surface area contributed by atoms with Gasteiger partial charge in [0.2, 0.25) is 5.91 Å². The Morgan fingerprint density at radius 3 is 2.57 bits per heavy atom. The zero-order valence-electron chi connectivity index (χ0n) is 11.2. The summed E-state index contributed by atoms with van der Waals surface area (Å²) in [7, 11) is 0. The van der Waals surface area contributed by atoms with E-state index in [1.165, 1.54) is 0 Å². The van der Waals surface area contributed by atoms with Crippen molar-refractivity contribution < 1.29 is 22.9 Å². The highest BCUT2D eigenvalue weighted by molar-refractivity contribution is 5.76. The minimum absolute atomic E-state index is 0.00211. The van der Waals surface area contributed by atoms with Gasteiger partial charge in [-0.1, -0.05) is 0 Å². The number of nitro groups is 1. The molecular weight excluding hydrogens is 291 g/mol. The van der Waals surface area contributed by atoms with E-state index < -0.39 is 22.4 Å². The maximum Gasteiger partial charge on any atom is 0.418 e. The van der Waals surface area contributed by atoms with Gasteiger partial charge in [-0.15, -0.1) is 0 Å². The molecule has 0 aliphatic rings. The van der Waals surface area contributed by atoms with Gasteiger partial charge in [-0.25, -0.2) is 0 Å². The summed E-state index contributed by atoms with van der Waals surface area (Å²) in [5, 5.41) is 15.5. The van der Waals surface area contributed by atoms with Gasteiger partial charge in [0.15, 0.2) is 0 Å². The Bertz CT molecular complexity index is 532. The highest BCUT2D eigenvalue weighted by Crippen LogP contribution is 2.36. The molecule has 0 fully saturated rings. The Labute approximate surface area is 118 Å². The Balaban J connectivity index is 2.86. The highest BCUT2D eigenvalue weighted by Gasteiger charge is 2.35. The van der Waals surface area contributed by atoms with Crippen LogP contribution in [0.2, 0.25) is 0 Å². The third kappa shape index (κ3) is 4.93. The number of anilines is 1. The smallest absolute Gasteiger partial charge is 0.384 e. The molecular formula is C12H14F3N3O3. The first-order valence-electron chi connectivity index (χ1n) is 6.12.